The molecule has 226 valence electrons. The van der Waals surface area contributed by atoms with Crippen LogP contribution in [0, 0.1) is 0 Å². The molecular weight excluding hydrogens is 486 g/mol. The van der Waals surface area contributed by atoms with Gasteiger partial charge in [0, 0.05) is 0 Å². The highest BCUT2D eigenvalue weighted by Gasteiger charge is 2.19. The number of nitrogens with one attached hydrogen (secondary N) is 1. The fourth-order valence-corrected chi connectivity index (χ4v) is 4.35. The third kappa shape index (κ3) is 26.3. The van der Waals surface area contributed by atoms with Gasteiger partial charge in [0.1, 0.15) is 0 Å². The summed E-state index contributed by atoms with van der Waals surface area (Å²) in [4.78, 5) is 12.2. The number of rotatable bonds is 27. The first-order valence-corrected chi connectivity index (χ1v) is 15.9. The molecule has 0 saturated carbocycles. The van der Waals surface area contributed by atoms with Crippen LogP contribution in [0.25, 0.3) is 0 Å². The second-order valence-corrected chi connectivity index (χ2v) is 10.7. The fourth-order valence-electron chi connectivity index (χ4n) is 4.35. The number of aliphatic hydroxyl groups excluding tert-OH is 3. The zero-order chi connectivity index (χ0) is 28.8. The molecule has 0 rings (SSSR count). The number of hydrogen-bond donors (Lipinski definition) is 4. The van der Waals surface area contributed by atoms with Crippen molar-refractivity contribution < 1.29 is 20.1 Å². The maximum Gasteiger partial charge on any atom is 0.223 e. The fraction of sp³-hybridized carbons (Fsp3) is 0.735. The summed E-state index contributed by atoms with van der Waals surface area (Å²) in [5.74, 6) is -0.398. The quantitative estimate of drug-likeness (QED) is 0.0622. The van der Waals surface area contributed by atoms with Crippen molar-refractivity contribution >= 4 is 5.91 Å². The zero-order valence-electron chi connectivity index (χ0n) is 25.2. The summed E-state index contributed by atoms with van der Waals surface area (Å²) < 4.78 is 0. The van der Waals surface area contributed by atoms with Crippen molar-refractivity contribution in [2.45, 2.75) is 154 Å². The van der Waals surface area contributed by atoms with Gasteiger partial charge in [-0.15, -0.1) is 0 Å². The number of unbranched alkanes of at least 4 members (excludes halogenated alkanes) is 14. The molecule has 0 fully saturated rings. The predicted molar refractivity (Wildman–Crippen MR) is 167 cm³/mol. The minimum atomic E-state index is -0.972. The third-order valence-corrected chi connectivity index (χ3v) is 6.85. The summed E-state index contributed by atoms with van der Waals surface area (Å²) in [5, 5.41) is 32.6. The largest absolute Gasteiger partial charge is 0.394 e. The smallest absolute Gasteiger partial charge is 0.223 e. The number of allylic oxidation sites excluding steroid dienone is 6. The van der Waals surface area contributed by atoms with Crippen LogP contribution in [0.1, 0.15) is 136 Å². The monoisotopic (exact) mass is 547 g/mol. The van der Waals surface area contributed by atoms with Crippen molar-refractivity contribution in [3.8, 4) is 0 Å². The summed E-state index contributed by atoms with van der Waals surface area (Å²) in [6.07, 6.45) is 35.4. The number of hydrogen-bond acceptors (Lipinski definition) is 4. The molecule has 0 aromatic rings. The van der Waals surface area contributed by atoms with Crippen LogP contribution < -0.4 is 5.32 Å². The molecule has 0 aliphatic carbocycles. The molecule has 0 radical (unpaired) electrons. The Kier molecular flexibility index (Phi) is 28.0. The SMILES string of the molecule is CCCCCCCC/C=C\C/C=C\C(O)CC(=O)NC(CO)C(O)/C=C/CC/C=C/CCCCCCCCC. The molecule has 4 N–H and O–H groups in total. The van der Waals surface area contributed by atoms with E-state index in [9.17, 15) is 20.1 Å². The van der Waals surface area contributed by atoms with Crippen LogP contribution in [0.5, 0.6) is 0 Å². The predicted octanol–water partition coefficient (Wildman–Crippen LogP) is 7.86. The highest BCUT2D eigenvalue weighted by Crippen LogP contribution is 2.10. The Morgan fingerprint density at radius 3 is 1.74 bits per heavy atom. The summed E-state index contributed by atoms with van der Waals surface area (Å²) >= 11 is 0. The Morgan fingerprint density at radius 1 is 0.641 bits per heavy atom. The molecule has 0 heterocycles. The van der Waals surface area contributed by atoms with Gasteiger partial charge in [0.25, 0.3) is 0 Å². The molecule has 0 bridgehead atoms. The third-order valence-electron chi connectivity index (χ3n) is 6.85. The van der Waals surface area contributed by atoms with Crippen LogP contribution >= 0.6 is 0 Å². The molecule has 0 spiro atoms. The first kappa shape index (κ1) is 37.3. The van der Waals surface area contributed by atoms with E-state index in [0.29, 0.717) is 0 Å². The zero-order valence-corrected chi connectivity index (χ0v) is 25.2. The summed E-state index contributed by atoms with van der Waals surface area (Å²) in [5.41, 5.74) is 0. The molecule has 0 aromatic heterocycles. The highest BCUT2D eigenvalue weighted by atomic mass is 16.3. The van der Waals surface area contributed by atoms with Gasteiger partial charge in [-0.05, 0) is 44.9 Å². The average molecular weight is 548 g/mol. The van der Waals surface area contributed by atoms with E-state index in [-0.39, 0.29) is 13.0 Å². The summed E-state index contributed by atoms with van der Waals surface area (Å²) in [6, 6.07) is -0.789. The lowest BCUT2D eigenvalue weighted by Gasteiger charge is -2.20. The van der Waals surface area contributed by atoms with Crippen molar-refractivity contribution in [1.82, 2.24) is 5.32 Å². The van der Waals surface area contributed by atoms with E-state index in [1.54, 1.807) is 12.2 Å². The van der Waals surface area contributed by atoms with E-state index >= 15 is 0 Å². The molecule has 0 aromatic carbocycles. The van der Waals surface area contributed by atoms with Crippen molar-refractivity contribution in [2.24, 2.45) is 0 Å². The Balaban J connectivity index is 3.99. The number of carbonyl (C=O) groups excluding carboxylic acids is 1. The topological polar surface area (TPSA) is 89.8 Å². The first-order chi connectivity index (χ1) is 19.0. The van der Waals surface area contributed by atoms with Gasteiger partial charge in [-0.2, -0.15) is 0 Å². The normalized spacial score (nSPS) is 14.7. The van der Waals surface area contributed by atoms with Gasteiger partial charge < -0.3 is 20.6 Å². The molecular formula is C34H61NO4. The van der Waals surface area contributed by atoms with Crippen molar-refractivity contribution in [3.63, 3.8) is 0 Å². The molecule has 0 aliphatic rings. The lowest BCUT2D eigenvalue weighted by atomic mass is 10.1. The van der Waals surface area contributed by atoms with Crippen molar-refractivity contribution in [2.75, 3.05) is 6.61 Å². The number of aliphatic hydroxyl groups is 3. The maximum atomic E-state index is 12.2. The van der Waals surface area contributed by atoms with E-state index in [1.165, 1.54) is 83.5 Å². The van der Waals surface area contributed by atoms with Crippen LogP contribution in [0.15, 0.2) is 48.6 Å². The van der Waals surface area contributed by atoms with Gasteiger partial charge in [-0.25, -0.2) is 0 Å². The van der Waals surface area contributed by atoms with Gasteiger partial charge in [-0.3, -0.25) is 4.79 Å². The lowest BCUT2D eigenvalue weighted by Crippen LogP contribution is -2.45. The van der Waals surface area contributed by atoms with Crippen LogP contribution in [0.3, 0.4) is 0 Å². The van der Waals surface area contributed by atoms with Crippen LogP contribution in [-0.4, -0.2) is 46.1 Å². The lowest BCUT2D eigenvalue weighted by molar-refractivity contribution is -0.124. The minimum Gasteiger partial charge on any atom is -0.394 e. The summed E-state index contributed by atoms with van der Waals surface area (Å²) in [7, 11) is 0. The average Bonchev–Trinajstić information content (AvgIpc) is 2.92. The van der Waals surface area contributed by atoms with Crippen LogP contribution in [0.4, 0.5) is 0 Å². The Bertz CT molecular complexity index is 656. The molecule has 5 nitrogen and oxygen atoms in total. The van der Waals surface area contributed by atoms with E-state index in [1.807, 2.05) is 12.2 Å². The Morgan fingerprint density at radius 2 is 1.15 bits per heavy atom. The van der Waals surface area contributed by atoms with E-state index in [0.717, 1.165) is 32.1 Å². The molecule has 5 heteroatoms. The second-order valence-electron chi connectivity index (χ2n) is 10.7. The minimum absolute atomic E-state index is 0.103. The van der Waals surface area contributed by atoms with Crippen LogP contribution in [0.2, 0.25) is 0 Å². The molecule has 0 saturated heterocycles. The van der Waals surface area contributed by atoms with Crippen molar-refractivity contribution in [1.29, 1.82) is 0 Å². The Hall–Kier alpha value is -1.69. The van der Waals surface area contributed by atoms with E-state index in [2.05, 4.69) is 43.5 Å². The van der Waals surface area contributed by atoms with Gasteiger partial charge >= 0.3 is 0 Å². The van der Waals surface area contributed by atoms with Gasteiger partial charge in [0.05, 0.1) is 31.3 Å². The van der Waals surface area contributed by atoms with Gasteiger partial charge in [0.2, 0.25) is 5.91 Å². The maximum absolute atomic E-state index is 12.2. The highest BCUT2D eigenvalue weighted by molar-refractivity contribution is 5.77. The molecule has 39 heavy (non-hydrogen) atoms. The molecule has 3 atom stereocenters. The molecule has 0 aliphatic heterocycles. The Labute approximate surface area is 240 Å². The van der Waals surface area contributed by atoms with Crippen molar-refractivity contribution in [3.05, 3.63) is 48.6 Å². The van der Waals surface area contributed by atoms with E-state index < -0.39 is 24.2 Å². The number of carbonyl (C=O) groups is 1. The van der Waals surface area contributed by atoms with E-state index in [4.69, 9.17) is 0 Å². The first-order valence-electron chi connectivity index (χ1n) is 15.9. The van der Waals surface area contributed by atoms with Crippen LogP contribution in [-0.2, 0) is 4.79 Å². The van der Waals surface area contributed by atoms with Gasteiger partial charge in [-0.1, -0.05) is 133 Å². The second kappa shape index (κ2) is 29.3. The molecule has 3 unspecified atom stereocenters. The summed E-state index contributed by atoms with van der Waals surface area (Å²) in [6.45, 7) is 4.10. The number of amides is 1. The molecule has 1 amide bonds. The standard InChI is InChI=1S/C34H61NO4/c1-3-5-7-9-11-13-15-16-18-20-22-24-26-28-33(38)32(30-36)35-34(39)29-31(37)27-25-23-21-19-17-14-12-10-8-6-4-2/h18-21,25-28,31-33,36-38H,3-17,22-24,29-30H2,1-2H3,(H,35,39)/b20-18+,21-19-,27-25-,28-26+. The van der Waals surface area contributed by atoms with Gasteiger partial charge in [0.15, 0.2) is 0 Å².